The van der Waals surface area contributed by atoms with E-state index >= 15 is 0 Å². The molecule has 2 rings (SSSR count). The number of hydrogen-bond acceptors (Lipinski definition) is 5. The summed E-state index contributed by atoms with van der Waals surface area (Å²) in [7, 11) is 1.45. The second kappa shape index (κ2) is 8.51. The molecule has 0 saturated heterocycles. The third kappa shape index (κ3) is 5.36. The van der Waals surface area contributed by atoms with Crippen molar-refractivity contribution in [3.63, 3.8) is 0 Å². The minimum atomic E-state index is -0.510. The summed E-state index contributed by atoms with van der Waals surface area (Å²) in [5, 5.41) is 20.7. The Labute approximate surface area is 144 Å². The second-order valence-corrected chi connectivity index (χ2v) is 5.16. The molecule has 25 heavy (non-hydrogen) atoms. The molecule has 2 aromatic carbocycles. The first-order chi connectivity index (χ1) is 12.0. The molecule has 0 aliphatic heterocycles. The number of benzene rings is 2. The second-order valence-electron chi connectivity index (χ2n) is 5.16. The van der Waals surface area contributed by atoms with E-state index in [1.54, 1.807) is 48.0 Å². The number of nitrogens with one attached hydrogen (secondary N) is 2. The predicted octanol–water partition coefficient (Wildman–Crippen LogP) is 2.10. The number of phenolic OH excluding ortho intramolecular Hbond substituents is 1. The number of carbonyl (C=O) groups excluding carboxylic acids is 2. The first-order valence-electron chi connectivity index (χ1n) is 7.40. The van der Waals surface area contributed by atoms with Crippen molar-refractivity contribution >= 4 is 23.6 Å². The third-order valence-corrected chi connectivity index (χ3v) is 3.34. The topological polar surface area (TPSA) is 108 Å². The molecule has 0 spiro atoms. The highest BCUT2D eigenvalue weighted by molar-refractivity contribution is 6.02. The normalized spacial score (nSPS) is 10.5. The Morgan fingerprint density at radius 3 is 2.52 bits per heavy atom. The molecule has 7 heteroatoms. The molecule has 0 radical (unpaired) electrons. The summed E-state index contributed by atoms with van der Waals surface area (Å²) in [6, 6.07) is 11.4. The van der Waals surface area contributed by atoms with Gasteiger partial charge in [0, 0.05) is 11.8 Å². The van der Waals surface area contributed by atoms with Gasteiger partial charge in [-0.2, -0.15) is 0 Å². The minimum Gasteiger partial charge on any atom is -0.504 e. The van der Waals surface area contributed by atoms with Crippen LogP contribution in [-0.2, 0) is 16.0 Å². The van der Waals surface area contributed by atoms with Gasteiger partial charge in [-0.25, -0.2) is 5.48 Å². The average Bonchev–Trinajstić information content (AvgIpc) is 2.62. The standard InChI is InChI=1S/C18H18N2O5/c1-25-16-10-12(4-8-15(16)21)5-9-17(22)19-14-6-2-13(3-7-14)11-18(23)20-24/h2-10,21,24H,11H2,1H3,(H,19,22)(H,20,23)/b9-5+. The fourth-order valence-corrected chi connectivity index (χ4v) is 2.08. The van der Waals surface area contributed by atoms with Gasteiger partial charge in [-0.1, -0.05) is 18.2 Å². The first-order valence-corrected chi connectivity index (χ1v) is 7.40. The Kier molecular flexibility index (Phi) is 6.14. The molecule has 130 valence electrons. The van der Waals surface area contributed by atoms with Crippen molar-refractivity contribution in [3.8, 4) is 11.5 Å². The Bertz CT molecular complexity index is 785. The number of rotatable bonds is 6. The Hall–Kier alpha value is -3.32. The van der Waals surface area contributed by atoms with Crippen LogP contribution in [0.25, 0.3) is 6.08 Å². The number of anilines is 1. The highest BCUT2D eigenvalue weighted by Gasteiger charge is 2.04. The smallest absolute Gasteiger partial charge is 0.248 e. The third-order valence-electron chi connectivity index (χ3n) is 3.34. The molecule has 0 fully saturated rings. The summed E-state index contributed by atoms with van der Waals surface area (Å²) < 4.78 is 5.01. The van der Waals surface area contributed by atoms with Crippen molar-refractivity contribution in [1.82, 2.24) is 5.48 Å². The van der Waals surface area contributed by atoms with Gasteiger partial charge in [0.05, 0.1) is 13.5 Å². The van der Waals surface area contributed by atoms with Gasteiger partial charge >= 0.3 is 0 Å². The fraction of sp³-hybridized carbons (Fsp3) is 0.111. The van der Waals surface area contributed by atoms with Gasteiger partial charge < -0.3 is 15.2 Å². The van der Waals surface area contributed by atoms with Gasteiger partial charge in [0.2, 0.25) is 11.8 Å². The summed E-state index contributed by atoms with van der Waals surface area (Å²) in [6.45, 7) is 0. The lowest BCUT2D eigenvalue weighted by molar-refractivity contribution is -0.128. The van der Waals surface area contributed by atoms with Crippen LogP contribution >= 0.6 is 0 Å². The predicted molar refractivity (Wildman–Crippen MR) is 92.4 cm³/mol. The molecule has 0 aliphatic rings. The van der Waals surface area contributed by atoms with Crippen LogP contribution < -0.4 is 15.5 Å². The lowest BCUT2D eigenvalue weighted by atomic mass is 10.1. The number of ether oxygens (including phenoxy) is 1. The highest BCUT2D eigenvalue weighted by atomic mass is 16.5. The largest absolute Gasteiger partial charge is 0.504 e. The molecule has 2 aromatic rings. The fourth-order valence-electron chi connectivity index (χ4n) is 2.08. The van der Waals surface area contributed by atoms with E-state index in [9.17, 15) is 14.7 Å². The summed E-state index contributed by atoms with van der Waals surface area (Å²) >= 11 is 0. The van der Waals surface area contributed by atoms with E-state index in [-0.39, 0.29) is 18.1 Å². The van der Waals surface area contributed by atoms with Crippen LogP contribution in [-0.4, -0.2) is 29.2 Å². The zero-order chi connectivity index (χ0) is 18.2. The molecule has 7 nitrogen and oxygen atoms in total. The average molecular weight is 342 g/mol. The molecule has 0 bridgehead atoms. The van der Waals surface area contributed by atoms with E-state index in [0.29, 0.717) is 22.6 Å². The van der Waals surface area contributed by atoms with Crippen molar-refractivity contribution in [2.45, 2.75) is 6.42 Å². The molecule has 0 atom stereocenters. The van der Waals surface area contributed by atoms with Gasteiger partial charge in [0.15, 0.2) is 11.5 Å². The van der Waals surface area contributed by atoms with Gasteiger partial charge in [0.1, 0.15) is 0 Å². The number of carbonyl (C=O) groups is 2. The number of aromatic hydroxyl groups is 1. The number of phenols is 1. The zero-order valence-electron chi connectivity index (χ0n) is 13.5. The lowest BCUT2D eigenvalue weighted by Crippen LogP contribution is -2.20. The van der Waals surface area contributed by atoms with E-state index in [4.69, 9.17) is 9.94 Å². The van der Waals surface area contributed by atoms with E-state index < -0.39 is 5.91 Å². The van der Waals surface area contributed by atoms with E-state index in [1.165, 1.54) is 19.3 Å². The number of hydroxylamine groups is 1. The van der Waals surface area contributed by atoms with Crippen molar-refractivity contribution in [2.24, 2.45) is 0 Å². The summed E-state index contributed by atoms with van der Waals surface area (Å²) in [4.78, 5) is 23.0. The van der Waals surface area contributed by atoms with Crippen LogP contribution in [0.15, 0.2) is 48.5 Å². The van der Waals surface area contributed by atoms with Crippen molar-refractivity contribution in [1.29, 1.82) is 0 Å². The Morgan fingerprint density at radius 2 is 1.88 bits per heavy atom. The molecule has 0 aliphatic carbocycles. The van der Waals surface area contributed by atoms with Gasteiger partial charge in [0.25, 0.3) is 0 Å². The Balaban J connectivity index is 1.96. The van der Waals surface area contributed by atoms with Crippen LogP contribution in [0, 0.1) is 0 Å². The van der Waals surface area contributed by atoms with Crippen LogP contribution in [0.4, 0.5) is 5.69 Å². The van der Waals surface area contributed by atoms with E-state index in [1.807, 2.05) is 0 Å². The summed E-state index contributed by atoms with van der Waals surface area (Å²) in [6.07, 6.45) is 3.00. The van der Waals surface area contributed by atoms with Crippen molar-refractivity contribution in [3.05, 3.63) is 59.7 Å². The SMILES string of the molecule is COc1cc(/C=C/C(=O)Nc2ccc(CC(=O)NO)cc2)ccc1O. The molecule has 0 heterocycles. The number of amides is 2. The molecule has 4 N–H and O–H groups in total. The molecular weight excluding hydrogens is 324 g/mol. The van der Waals surface area contributed by atoms with Crippen molar-refractivity contribution in [2.75, 3.05) is 12.4 Å². The minimum absolute atomic E-state index is 0.0269. The summed E-state index contributed by atoms with van der Waals surface area (Å²) in [5.74, 6) is -0.485. The van der Waals surface area contributed by atoms with E-state index in [2.05, 4.69) is 5.32 Å². The molecular formula is C18H18N2O5. The summed E-state index contributed by atoms with van der Waals surface area (Å²) in [5.41, 5.74) is 3.55. The maximum atomic E-state index is 11.9. The highest BCUT2D eigenvalue weighted by Crippen LogP contribution is 2.26. The molecule has 0 aromatic heterocycles. The Morgan fingerprint density at radius 1 is 1.16 bits per heavy atom. The number of methoxy groups -OCH3 is 1. The lowest BCUT2D eigenvalue weighted by Gasteiger charge is -2.05. The van der Waals surface area contributed by atoms with Gasteiger partial charge in [-0.3, -0.25) is 14.8 Å². The van der Waals surface area contributed by atoms with Crippen LogP contribution in [0.1, 0.15) is 11.1 Å². The maximum absolute atomic E-state index is 11.9. The van der Waals surface area contributed by atoms with Crippen LogP contribution in [0.2, 0.25) is 0 Å². The van der Waals surface area contributed by atoms with E-state index in [0.717, 1.165) is 0 Å². The molecule has 2 amide bonds. The molecule has 0 unspecified atom stereocenters. The van der Waals surface area contributed by atoms with Crippen LogP contribution in [0.5, 0.6) is 11.5 Å². The molecule has 0 saturated carbocycles. The quantitative estimate of drug-likeness (QED) is 0.365. The monoisotopic (exact) mass is 342 g/mol. The first kappa shape index (κ1) is 18.0. The van der Waals surface area contributed by atoms with Gasteiger partial charge in [-0.05, 0) is 41.5 Å². The van der Waals surface area contributed by atoms with Gasteiger partial charge in [-0.15, -0.1) is 0 Å². The zero-order valence-corrected chi connectivity index (χ0v) is 13.5. The van der Waals surface area contributed by atoms with Crippen molar-refractivity contribution < 1.29 is 24.6 Å². The van der Waals surface area contributed by atoms with Crippen LogP contribution in [0.3, 0.4) is 0 Å². The number of hydrogen-bond donors (Lipinski definition) is 4. The maximum Gasteiger partial charge on any atom is 0.248 e.